The Morgan fingerprint density at radius 2 is 1.85 bits per heavy atom. The SMILES string of the molecule is COc1ccc(C2CCN(C(=O)C(=O)O)CC2)cc1C=C1CCCC1.[Na]. The average Bonchev–Trinajstić information content (AvgIpc) is 3.14. The monoisotopic (exact) mass is 366 g/mol. The van der Waals surface area contributed by atoms with Crippen LogP contribution in [0.4, 0.5) is 0 Å². The van der Waals surface area contributed by atoms with Crippen LogP contribution in [-0.2, 0) is 9.59 Å². The van der Waals surface area contributed by atoms with Gasteiger partial charge in [-0.25, -0.2) is 4.79 Å². The van der Waals surface area contributed by atoms with Crippen LogP contribution in [0.3, 0.4) is 0 Å². The molecule has 5 nitrogen and oxygen atoms in total. The Balaban J connectivity index is 0.00000243. The Morgan fingerprint density at radius 3 is 2.42 bits per heavy atom. The number of benzene rings is 1. The molecule has 0 unspecified atom stereocenters. The van der Waals surface area contributed by atoms with Gasteiger partial charge in [0, 0.05) is 48.2 Å². The molecule has 1 amide bonds. The summed E-state index contributed by atoms with van der Waals surface area (Å²) in [5.74, 6) is -0.917. The van der Waals surface area contributed by atoms with Crippen molar-refractivity contribution in [3.05, 3.63) is 34.9 Å². The molecule has 1 saturated heterocycles. The molecule has 0 spiro atoms. The zero-order chi connectivity index (χ0) is 17.8. The van der Waals surface area contributed by atoms with Crippen LogP contribution in [0.1, 0.15) is 55.6 Å². The Hall–Kier alpha value is -1.30. The number of likely N-dealkylation sites (tertiary alicyclic amines) is 1. The predicted octanol–water partition coefficient (Wildman–Crippen LogP) is 3.06. The van der Waals surface area contributed by atoms with Crippen LogP contribution in [0.25, 0.3) is 6.08 Å². The van der Waals surface area contributed by atoms with Crippen molar-refractivity contribution in [3.8, 4) is 5.75 Å². The number of allylic oxidation sites excluding steroid dienone is 1. The van der Waals surface area contributed by atoms with Crippen LogP contribution in [0.15, 0.2) is 23.8 Å². The van der Waals surface area contributed by atoms with E-state index in [1.807, 2.05) is 6.07 Å². The summed E-state index contributed by atoms with van der Waals surface area (Å²) in [6, 6.07) is 6.31. The van der Waals surface area contributed by atoms with E-state index in [2.05, 4.69) is 18.2 Å². The van der Waals surface area contributed by atoms with E-state index in [9.17, 15) is 9.59 Å². The molecule has 1 heterocycles. The number of carboxylic acid groups (broad SMARTS) is 1. The van der Waals surface area contributed by atoms with Crippen molar-refractivity contribution in [3.63, 3.8) is 0 Å². The third-order valence-electron chi connectivity index (χ3n) is 5.30. The first kappa shape index (κ1) is 21.0. The van der Waals surface area contributed by atoms with Gasteiger partial charge in [-0.15, -0.1) is 0 Å². The first-order valence-corrected chi connectivity index (χ1v) is 8.98. The minimum atomic E-state index is -1.37. The number of ether oxygens (including phenoxy) is 1. The van der Waals surface area contributed by atoms with Gasteiger partial charge in [-0.1, -0.05) is 17.7 Å². The van der Waals surface area contributed by atoms with Gasteiger partial charge < -0.3 is 14.7 Å². The minimum absolute atomic E-state index is 0. The third-order valence-corrected chi connectivity index (χ3v) is 5.30. The van der Waals surface area contributed by atoms with Crippen LogP contribution < -0.4 is 4.74 Å². The molecule has 0 atom stereocenters. The number of rotatable bonds is 3. The van der Waals surface area contributed by atoms with E-state index in [4.69, 9.17) is 9.84 Å². The van der Waals surface area contributed by atoms with Crippen molar-refractivity contribution in [2.75, 3.05) is 20.2 Å². The maximum Gasteiger partial charge on any atom is 0.394 e. The number of carbonyl (C=O) groups excluding carboxylic acids is 1. The molecule has 135 valence electrons. The summed E-state index contributed by atoms with van der Waals surface area (Å²) in [7, 11) is 1.70. The number of nitrogens with zero attached hydrogens (tertiary/aromatic N) is 1. The number of hydrogen-bond donors (Lipinski definition) is 1. The summed E-state index contributed by atoms with van der Waals surface area (Å²) in [4.78, 5) is 23.8. The fourth-order valence-electron chi connectivity index (χ4n) is 3.86. The smallest absolute Gasteiger partial charge is 0.394 e. The van der Waals surface area contributed by atoms with Gasteiger partial charge in [0.1, 0.15) is 5.75 Å². The van der Waals surface area contributed by atoms with Gasteiger partial charge in [0.25, 0.3) is 0 Å². The zero-order valence-corrected chi connectivity index (χ0v) is 17.7. The van der Waals surface area contributed by atoms with Crippen molar-refractivity contribution in [1.29, 1.82) is 0 Å². The molecule has 1 aliphatic carbocycles. The first-order chi connectivity index (χ1) is 12.1. The van der Waals surface area contributed by atoms with Crippen LogP contribution in [0.2, 0.25) is 0 Å². The molecular weight excluding hydrogens is 341 g/mol. The molecule has 2 fully saturated rings. The van der Waals surface area contributed by atoms with E-state index in [1.54, 1.807) is 7.11 Å². The predicted molar refractivity (Wildman–Crippen MR) is 101 cm³/mol. The first-order valence-electron chi connectivity index (χ1n) is 8.98. The molecule has 6 heteroatoms. The van der Waals surface area contributed by atoms with E-state index in [1.165, 1.54) is 41.7 Å². The molecule has 1 radical (unpaired) electrons. The molecular formula is C20H25NNaO4. The molecule has 1 aliphatic heterocycles. The molecule has 1 saturated carbocycles. The standard InChI is InChI=1S/C20H25NO4.Na/c1-25-18-7-6-16(13-17(18)12-14-4-2-3-5-14)15-8-10-21(11-9-15)19(22)20(23)24;/h6-7,12-13,15H,2-5,8-11H2,1H3,(H,23,24);. The number of methoxy groups -OCH3 is 1. The van der Waals surface area contributed by atoms with Gasteiger partial charge in [0.15, 0.2) is 0 Å². The normalized spacial score (nSPS) is 17.6. The summed E-state index contributed by atoms with van der Waals surface area (Å²) < 4.78 is 5.51. The van der Waals surface area contributed by atoms with Gasteiger partial charge >= 0.3 is 11.9 Å². The molecule has 0 bridgehead atoms. The van der Waals surface area contributed by atoms with E-state index in [0.29, 0.717) is 19.0 Å². The third kappa shape index (κ3) is 4.90. The van der Waals surface area contributed by atoms with Gasteiger partial charge in [-0.2, -0.15) is 0 Å². The van der Waals surface area contributed by atoms with Crippen molar-refractivity contribution in [1.82, 2.24) is 4.90 Å². The number of carboxylic acids is 1. The van der Waals surface area contributed by atoms with Crippen molar-refractivity contribution >= 4 is 47.5 Å². The second kappa shape index (κ2) is 9.58. The summed E-state index contributed by atoms with van der Waals surface area (Å²) in [5, 5.41) is 8.84. The van der Waals surface area contributed by atoms with Gasteiger partial charge in [-0.05, 0) is 62.1 Å². The second-order valence-corrected chi connectivity index (χ2v) is 6.88. The number of aliphatic carboxylic acids is 1. The van der Waals surface area contributed by atoms with Gasteiger partial charge in [0.2, 0.25) is 0 Å². The Morgan fingerprint density at radius 1 is 1.19 bits per heavy atom. The molecule has 1 aromatic rings. The van der Waals surface area contributed by atoms with Crippen LogP contribution >= 0.6 is 0 Å². The summed E-state index contributed by atoms with van der Waals surface area (Å²) in [6.45, 7) is 0.997. The fraction of sp³-hybridized carbons (Fsp3) is 0.500. The quantitative estimate of drug-likeness (QED) is 0.660. The number of hydrogen-bond acceptors (Lipinski definition) is 3. The van der Waals surface area contributed by atoms with Gasteiger partial charge in [-0.3, -0.25) is 4.79 Å². The molecule has 2 aliphatic rings. The topological polar surface area (TPSA) is 66.8 Å². The number of carbonyl (C=O) groups is 2. The molecule has 3 rings (SSSR count). The maximum absolute atomic E-state index is 11.6. The van der Waals surface area contributed by atoms with Crippen molar-refractivity contribution < 1.29 is 19.4 Å². The van der Waals surface area contributed by atoms with Crippen LogP contribution in [0, 0.1) is 0 Å². The summed E-state index contributed by atoms with van der Waals surface area (Å²) in [5.41, 5.74) is 3.85. The Labute approximate surface area is 176 Å². The summed E-state index contributed by atoms with van der Waals surface area (Å²) >= 11 is 0. The summed E-state index contributed by atoms with van der Waals surface area (Å²) in [6.07, 6.45) is 8.72. The number of piperidine rings is 1. The zero-order valence-electron chi connectivity index (χ0n) is 15.7. The van der Waals surface area contributed by atoms with E-state index in [0.717, 1.165) is 24.2 Å². The van der Waals surface area contributed by atoms with E-state index < -0.39 is 11.9 Å². The second-order valence-electron chi connectivity index (χ2n) is 6.88. The van der Waals surface area contributed by atoms with E-state index >= 15 is 0 Å². The average molecular weight is 366 g/mol. The van der Waals surface area contributed by atoms with Crippen LogP contribution in [-0.4, -0.2) is 71.6 Å². The van der Waals surface area contributed by atoms with Crippen molar-refractivity contribution in [2.45, 2.75) is 44.4 Å². The van der Waals surface area contributed by atoms with Gasteiger partial charge in [0.05, 0.1) is 7.11 Å². The Kier molecular flexibility index (Phi) is 7.74. The minimum Gasteiger partial charge on any atom is -0.496 e. The Bertz CT molecular complexity index is 685. The molecule has 0 aromatic heterocycles. The molecule has 1 aromatic carbocycles. The van der Waals surface area contributed by atoms with Crippen LogP contribution in [0.5, 0.6) is 5.75 Å². The largest absolute Gasteiger partial charge is 0.496 e. The molecule has 1 N–H and O–H groups in total. The van der Waals surface area contributed by atoms with Crippen molar-refractivity contribution in [2.24, 2.45) is 0 Å². The fourth-order valence-corrected chi connectivity index (χ4v) is 3.86. The maximum atomic E-state index is 11.6. The van der Waals surface area contributed by atoms with E-state index in [-0.39, 0.29) is 29.6 Å². The molecule has 26 heavy (non-hydrogen) atoms. The number of amides is 1.